The second-order valence-corrected chi connectivity index (χ2v) is 9.11. The third-order valence-electron chi connectivity index (χ3n) is 5.03. The number of aliphatic imine (C=N–C) groups is 1. The fraction of sp³-hybridized carbons (Fsp3) is 0.778. The molecule has 3 rings (SSSR count). The molecule has 0 saturated heterocycles. The molecular formula is C18H30N4S2. The molecule has 1 heterocycles. The minimum atomic E-state index is 0.583. The molecule has 24 heavy (non-hydrogen) atoms. The molecule has 0 aliphatic heterocycles. The van der Waals surface area contributed by atoms with Crippen LogP contribution in [0.5, 0.6) is 0 Å². The van der Waals surface area contributed by atoms with Crippen LogP contribution in [0.15, 0.2) is 4.99 Å². The Morgan fingerprint density at radius 3 is 2.96 bits per heavy atom. The van der Waals surface area contributed by atoms with Crippen molar-refractivity contribution >= 4 is 29.1 Å². The number of thioether (sulfide) groups is 1. The lowest BCUT2D eigenvalue weighted by molar-refractivity contribution is 0.611. The molecule has 0 spiro atoms. The molecule has 0 bridgehead atoms. The fourth-order valence-corrected chi connectivity index (χ4v) is 5.63. The normalized spacial score (nSPS) is 24.0. The SMILES string of the molecule is CN=C(NCCCc1nc2c(s1)CCCC2)NC1CCC(SC)C1. The zero-order valence-electron chi connectivity index (χ0n) is 14.9. The summed E-state index contributed by atoms with van der Waals surface area (Å²) in [6, 6.07) is 0.583. The predicted molar refractivity (Wildman–Crippen MR) is 107 cm³/mol. The summed E-state index contributed by atoms with van der Waals surface area (Å²) < 4.78 is 0. The van der Waals surface area contributed by atoms with Crippen LogP contribution in [0.1, 0.15) is 54.1 Å². The number of hydrogen-bond acceptors (Lipinski definition) is 4. The van der Waals surface area contributed by atoms with E-state index < -0.39 is 0 Å². The summed E-state index contributed by atoms with van der Waals surface area (Å²) in [6.07, 6.45) is 13.4. The average Bonchev–Trinajstić information content (AvgIpc) is 3.23. The van der Waals surface area contributed by atoms with Gasteiger partial charge in [-0.1, -0.05) is 0 Å². The van der Waals surface area contributed by atoms with Crippen LogP contribution in [0.25, 0.3) is 0 Å². The molecule has 0 radical (unpaired) electrons. The van der Waals surface area contributed by atoms with Crippen LogP contribution in [0, 0.1) is 0 Å². The summed E-state index contributed by atoms with van der Waals surface area (Å²) >= 11 is 3.94. The van der Waals surface area contributed by atoms with Gasteiger partial charge in [0.2, 0.25) is 0 Å². The minimum absolute atomic E-state index is 0.583. The van der Waals surface area contributed by atoms with Crippen molar-refractivity contribution in [2.75, 3.05) is 19.8 Å². The lowest BCUT2D eigenvalue weighted by atomic mass is 10.0. The van der Waals surface area contributed by atoms with Gasteiger partial charge in [0, 0.05) is 36.2 Å². The summed E-state index contributed by atoms with van der Waals surface area (Å²) in [4.78, 5) is 10.8. The highest BCUT2D eigenvalue weighted by molar-refractivity contribution is 7.99. The number of nitrogens with one attached hydrogen (secondary N) is 2. The highest BCUT2D eigenvalue weighted by atomic mass is 32.2. The first-order chi connectivity index (χ1) is 11.8. The van der Waals surface area contributed by atoms with Crippen molar-refractivity contribution in [3.05, 3.63) is 15.6 Å². The van der Waals surface area contributed by atoms with Crippen LogP contribution in [0.4, 0.5) is 0 Å². The number of thiazole rings is 1. The minimum Gasteiger partial charge on any atom is -0.356 e. The van der Waals surface area contributed by atoms with Crippen LogP contribution >= 0.6 is 23.1 Å². The first-order valence-electron chi connectivity index (χ1n) is 9.26. The smallest absolute Gasteiger partial charge is 0.191 e. The Morgan fingerprint density at radius 1 is 1.33 bits per heavy atom. The molecule has 0 aromatic carbocycles. The van der Waals surface area contributed by atoms with Gasteiger partial charge in [0.1, 0.15) is 0 Å². The van der Waals surface area contributed by atoms with Gasteiger partial charge in [0.15, 0.2) is 5.96 Å². The van der Waals surface area contributed by atoms with Crippen molar-refractivity contribution in [3.8, 4) is 0 Å². The van der Waals surface area contributed by atoms with E-state index in [1.165, 1.54) is 55.6 Å². The average molecular weight is 367 g/mol. The summed E-state index contributed by atoms with van der Waals surface area (Å²) in [7, 11) is 1.87. The molecule has 1 aromatic heterocycles. The Kier molecular flexibility index (Phi) is 6.84. The van der Waals surface area contributed by atoms with E-state index in [1.807, 2.05) is 30.1 Å². The third kappa shape index (κ3) is 4.88. The molecule has 2 aliphatic carbocycles. The van der Waals surface area contributed by atoms with Gasteiger partial charge in [-0.2, -0.15) is 11.8 Å². The monoisotopic (exact) mass is 366 g/mol. The van der Waals surface area contributed by atoms with E-state index >= 15 is 0 Å². The van der Waals surface area contributed by atoms with E-state index in [9.17, 15) is 0 Å². The predicted octanol–water partition coefficient (Wildman–Crippen LogP) is 3.40. The van der Waals surface area contributed by atoms with Crippen molar-refractivity contribution in [2.45, 2.75) is 69.1 Å². The van der Waals surface area contributed by atoms with E-state index in [0.717, 1.165) is 30.6 Å². The van der Waals surface area contributed by atoms with Crippen molar-refractivity contribution < 1.29 is 0 Å². The van der Waals surface area contributed by atoms with Crippen molar-refractivity contribution in [3.63, 3.8) is 0 Å². The van der Waals surface area contributed by atoms with Gasteiger partial charge in [0.05, 0.1) is 10.7 Å². The van der Waals surface area contributed by atoms with Crippen LogP contribution in [0.3, 0.4) is 0 Å². The van der Waals surface area contributed by atoms with E-state index in [-0.39, 0.29) is 0 Å². The first-order valence-corrected chi connectivity index (χ1v) is 11.4. The molecule has 2 atom stereocenters. The van der Waals surface area contributed by atoms with Crippen molar-refractivity contribution in [2.24, 2.45) is 4.99 Å². The number of nitrogens with zero attached hydrogens (tertiary/aromatic N) is 2. The molecule has 2 N–H and O–H groups in total. The topological polar surface area (TPSA) is 49.3 Å². The second kappa shape index (κ2) is 9.09. The Bertz CT molecular complexity index is 532. The number of aryl methyl sites for hydroxylation is 3. The molecule has 4 nitrogen and oxygen atoms in total. The molecular weight excluding hydrogens is 336 g/mol. The van der Waals surface area contributed by atoms with E-state index in [1.54, 1.807) is 4.88 Å². The van der Waals surface area contributed by atoms with Crippen molar-refractivity contribution in [1.82, 2.24) is 15.6 Å². The standard InChI is InChI=1S/C18H30N4S2/c1-19-18(21-13-9-10-14(12-13)23-2)20-11-5-8-17-22-15-6-3-4-7-16(15)24-17/h13-14H,3-12H2,1-2H3,(H2,19,20,21). The van der Waals surface area contributed by atoms with Gasteiger partial charge in [-0.25, -0.2) is 4.98 Å². The molecule has 1 aromatic rings. The quantitative estimate of drug-likeness (QED) is 0.460. The molecule has 2 unspecified atom stereocenters. The molecule has 1 fully saturated rings. The maximum absolute atomic E-state index is 4.83. The van der Waals surface area contributed by atoms with E-state index in [4.69, 9.17) is 4.98 Å². The van der Waals surface area contributed by atoms with Gasteiger partial charge in [0.25, 0.3) is 0 Å². The molecule has 6 heteroatoms. The zero-order valence-corrected chi connectivity index (χ0v) is 16.6. The summed E-state index contributed by atoms with van der Waals surface area (Å²) in [5.41, 5.74) is 1.39. The summed E-state index contributed by atoms with van der Waals surface area (Å²) in [6.45, 7) is 0.961. The third-order valence-corrected chi connectivity index (χ3v) is 7.34. The molecule has 2 aliphatic rings. The van der Waals surface area contributed by atoms with Gasteiger partial charge < -0.3 is 10.6 Å². The molecule has 134 valence electrons. The zero-order chi connectivity index (χ0) is 16.8. The van der Waals surface area contributed by atoms with E-state index in [0.29, 0.717) is 6.04 Å². The van der Waals surface area contributed by atoms with Gasteiger partial charge >= 0.3 is 0 Å². The Labute approximate surface area is 154 Å². The number of rotatable bonds is 6. The Hall–Kier alpha value is -0.750. The second-order valence-electron chi connectivity index (χ2n) is 6.80. The maximum Gasteiger partial charge on any atom is 0.191 e. The Morgan fingerprint density at radius 2 is 2.21 bits per heavy atom. The molecule has 1 saturated carbocycles. The number of hydrogen-bond donors (Lipinski definition) is 2. The number of guanidine groups is 1. The van der Waals surface area contributed by atoms with Crippen LogP contribution in [-0.2, 0) is 19.3 Å². The van der Waals surface area contributed by atoms with Gasteiger partial charge in [-0.15, -0.1) is 11.3 Å². The lowest BCUT2D eigenvalue weighted by Gasteiger charge is -2.17. The van der Waals surface area contributed by atoms with Gasteiger partial charge in [-0.3, -0.25) is 4.99 Å². The van der Waals surface area contributed by atoms with Gasteiger partial charge in [-0.05, 0) is 57.6 Å². The number of fused-ring (bicyclic) bond motifs is 1. The van der Waals surface area contributed by atoms with Crippen LogP contribution in [0.2, 0.25) is 0 Å². The first kappa shape index (κ1) is 18.1. The summed E-state index contributed by atoms with van der Waals surface area (Å²) in [5.74, 6) is 0.959. The highest BCUT2D eigenvalue weighted by Crippen LogP contribution is 2.28. The molecule has 0 amide bonds. The van der Waals surface area contributed by atoms with Crippen molar-refractivity contribution in [1.29, 1.82) is 0 Å². The lowest BCUT2D eigenvalue weighted by Crippen LogP contribution is -2.42. The number of aromatic nitrogens is 1. The van der Waals surface area contributed by atoms with Crippen LogP contribution in [-0.4, -0.2) is 42.1 Å². The highest BCUT2D eigenvalue weighted by Gasteiger charge is 2.24. The maximum atomic E-state index is 4.83. The van der Waals surface area contributed by atoms with E-state index in [2.05, 4.69) is 21.9 Å². The summed E-state index contributed by atoms with van der Waals surface area (Å²) in [5, 5.41) is 9.19. The largest absolute Gasteiger partial charge is 0.356 e. The Balaban J connectivity index is 1.36. The fourth-order valence-electron chi connectivity index (χ4n) is 3.63. The van der Waals surface area contributed by atoms with Crippen LogP contribution < -0.4 is 10.6 Å².